The van der Waals surface area contributed by atoms with Gasteiger partial charge < -0.3 is 9.80 Å². The molecule has 2 aromatic heterocycles. The van der Waals surface area contributed by atoms with Gasteiger partial charge in [-0.2, -0.15) is 0 Å². The van der Waals surface area contributed by atoms with Crippen molar-refractivity contribution in [2.75, 3.05) is 36.0 Å². The number of rotatable bonds is 2. The van der Waals surface area contributed by atoms with E-state index in [-0.39, 0.29) is 0 Å². The third-order valence-corrected chi connectivity index (χ3v) is 5.21. The van der Waals surface area contributed by atoms with Crippen molar-refractivity contribution in [1.29, 1.82) is 0 Å². The molecule has 0 radical (unpaired) electrons. The van der Waals surface area contributed by atoms with E-state index < -0.39 is 0 Å². The molecule has 5 nitrogen and oxygen atoms in total. The zero-order valence-corrected chi connectivity index (χ0v) is 14.0. The average Bonchev–Trinajstić information content (AvgIpc) is 2.87. The van der Waals surface area contributed by atoms with E-state index in [0.29, 0.717) is 0 Å². The predicted molar refractivity (Wildman–Crippen MR) is 95.4 cm³/mol. The molecular formula is C17H19N5S. The minimum Gasteiger partial charge on any atom is -0.354 e. The molecular weight excluding hydrogens is 306 g/mol. The third kappa shape index (κ3) is 2.86. The van der Waals surface area contributed by atoms with Gasteiger partial charge in [0.05, 0.1) is 11.2 Å². The Kier molecular flexibility index (Phi) is 3.83. The van der Waals surface area contributed by atoms with Gasteiger partial charge in [0.25, 0.3) is 0 Å². The maximum Gasteiger partial charge on any atom is 0.185 e. The summed E-state index contributed by atoms with van der Waals surface area (Å²) in [6.07, 6.45) is 2.78. The lowest BCUT2D eigenvalue weighted by molar-refractivity contribution is 0.798. The van der Waals surface area contributed by atoms with Crippen LogP contribution in [-0.2, 0) is 0 Å². The molecule has 0 bridgehead atoms. The molecule has 6 heteroatoms. The Bertz CT molecular complexity index is 810. The van der Waals surface area contributed by atoms with Crippen molar-refractivity contribution in [3.8, 4) is 0 Å². The largest absolute Gasteiger partial charge is 0.354 e. The van der Waals surface area contributed by atoms with Gasteiger partial charge in [-0.05, 0) is 25.5 Å². The fourth-order valence-corrected chi connectivity index (χ4v) is 3.91. The average molecular weight is 325 g/mol. The number of aryl methyl sites for hydroxylation is 1. The number of thiazole rings is 1. The van der Waals surface area contributed by atoms with E-state index in [1.54, 1.807) is 17.7 Å². The van der Waals surface area contributed by atoms with Crippen LogP contribution in [0.3, 0.4) is 0 Å². The predicted octanol–water partition coefficient (Wildman–Crippen LogP) is 3.11. The molecule has 0 spiro atoms. The molecule has 3 heterocycles. The zero-order chi connectivity index (χ0) is 15.6. The van der Waals surface area contributed by atoms with Gasteiger partial charge in [-0.3, -0.25) is 0 Å². The summed E-state index contributed by atoms with van der Waals surface area (Å²) in [6.45, 7) is 6.05. The summed E-state index contributed by atoms with van der Waals surface area (Å²) in [7, 11) is 0. The van der Waals surface area contributed by atoms with Crippen molar-refractivity contribution in [3.63, 3.8) is 0 Å². The van der Waals surface area contributed by atoms with Gasteiger partial charge >= 0.3 is 0 Å². The summed E-state index contributed by atoms with van der Waals surface area (Å²) in [6, 6.07) is 8.23. The van der Waals surface area contributed by atoms with E-state index in [4.69, 9.17) is 0 Å². The SMILES string of the molecule is Cc1csc(N2CCCN(c3ncnc4ccccc34)CC2)n1. The van der Waals surface area contributed by atoms with Gasteiger partial charge in [-0.25, -0.2) is 15.0 Å². The van der Waals surface area contributed by atoms with Crippen molar-refractivity contribution in [3.05, 3.63) is 41.7 Å². The van der Waals surface area contributed by atoms with Crippen molar-refractivity contribution in [2.45, 2.75) is 13.3 Å². The number of anilines is 2. The molecule has 118 valence electrons. The lowest BCUT2D eigenvalue weighted by atomic mass is 10.2. The Hall–Kier alpha value is -2.21. The van der Waals surface area contributed by atoms with E-state index in [2.05, 4.69) is 49.2 Å². The van der Waals surface area contributed by atoms with Gasteiger partial charge in [0.1, 0.15) is 12.1 Å². The maximum absolute atomic E-state index is 4.62. The van der Waals surface area contributed by atoms with Crippen LogP contribution in [0.25, 0.3) is 10.9 Å². The molecule has 4 rings (SSSR count). The second-order valence-electron chi connectivity index (χ2n) is 5.81. The molecule has 0 atom stereocenters. The smallest absolute Gasteiger partial charge is 0.185 e. The molecule has 1 aliphatic heterocycles. The number of aromatic nitrogens is 3. The van der Waals surface area contributed by atoms with Crippen molar-refractivity contribution in [1.82, 2.24) is 15.0 Å². The number of hydrogen-bond donors (Lipinski definition) is 0. The molecule has 1 saturated heterocycles. The van der Waals surface area contributed by atoms with E-state index in [1.807, 2.05) is 12.1 Å². The first-order valence-electron chi connectivity index (χ1n) is 7.93. The fraction of sp³-hybridized carbons (Fsp3) is 0.353. The summed E-state index contributed by atoms with van der Waals surface area (Å²) in [5.41, 5.74) is 2.11. The molecule has 1 aliphatic rings. The Labute approximate surface area is 139 Å². The van der Waals surface area contributed by atoms with Crippen molar-refractivity contribution >= 4 is 33.2 Å². The number of para-hydroxylation sites is 1. The van der Waals surface area contributed by atoms with Crippen LogP contribution in [0.2, 0.25) is 0 Å². The van der Waals surface area contributed by atoms with Crippen LogP contribution >= 0.6 is 11.3 Å². The lowest BCUT2D eigenvalue weighted by Crippen LogP contribution is -2.31. The fourth-order valence-electron chi connectivity index (χ4n) is 3.05. The number of benzene rings is 1. The Balaban J connectivity index is 1.58. The lowest BCUT2D eigenvalue weighted by Gasteiger charge is -2.23. The number of fused-ring (bicyclic) bond motifs is 1. The van der Waals surface area contributed by atoms with Crippen molar-refractivity contribution in [2.24, 2.45) is 0 Å². The number of nitrogens with zero attached hydrogens (tertiary/aromatic N) is 5. The maximum atomic E-state index is 4.62. The van der Waals surface area contributed by atoms with E-state index >= 15 is 0 Å². The van der Waals surface area contributed by atoms with Crippen LogP contribution in [0.1, 0.15) is 12.1 Å². The molecule has 1 fully saturated rings. The van der Waals surface area contributed by atoms with Crippen LogP contribution < -0.4 is 9.80 Å². The van der Waals surface area contributed by atoms with Crippen molar-refractivity contribution < 1.29 is 0 Å². The second-order valence-corrected chi connectivity index (χ2v) is 6.65. The summed E-state index contributed by atoms with van der Waals surface area (Å²) in [5.74, 6) is 1.05. The van der Waals surface area contributed by atoms with Gasteiger partial charge in [0, 0.05) is 36.9 Å². The first-order chi connectivity index (χ1) is 11.3. The zero-order valence-electron chi connectivity index (χ0n) is 13.1. The Morgan fingerprint density at radius 3 is 2.70 bits per heavy atom. The third-order valence-electron chi connectivity index (χ3n) is 4.19. The van der Waals surface area contributed by atoms with E-state index in [1.165, 1.54) is 0 Å². The topological polar surface area (TPSA) is 45.2 Å². The van der Waals surface area contributed by atoms with E-state index in [9.17, 15) is 0 Å². The highest BCUT2D eigenvalue weighted by atomic mass is 32.1. The van der Waals surface area contributed by atoms with Crippen LogP contribution in [0, 0.1) is 6.92 Å². The molecule has 1 aromatic carbocycles. The molecule has 3 aromatic rings. The molecule has 0 saturated carbocycles. The second kappa shape index (κ2) is 6.12. The van der Waals surface area contributed by atoms with Crippen LogP contribution in [0.5, 0.6) is 0 Å². The van der Waals surface area contributed by atoms with E-state index in [0.717, 1.165) is 60.1 Å². The molecule has 0 amide bonds. The van der Waals surface area contributed by atoms with Gasteiger partial charge in [0.15, 0.2) is 5.13 Å². The summed E-state index contributed by atoms with van der Waals surface area (Å²) in [4.78, 5) is 18.3. The van der Waals surface area contributed by atoms with Gasteiger partial charge in [-0.15, -0.1) is 11.3 Å². The minimum atomic E-state index is 0.958. The first kappa shape index (κ1) is 14.4. The standard InChI is InChI=1S/C17H19N5S/c1-13-11-23-17(20-13)22-8-4-7-21(9-10-22)16-14-5-2-3-6-15(14)18-12-19-16/h2-3,5-6,11-12H,4,7-10H2,1H3. The monoisotopic (exact) mass is 325 g/mol. The minimum absolute atomic E-state index is 0.958. The Morgan fingerprint density at radius 2 is 1.83 bits per heavy atom. The Morgan fingerprint density at radius 1 is 1.00 bits per heavy atom. The van der Waals surface area contributed by atoms with Crippen LogP contribution in [-0.4, -0.2) is 41.1 Å². The highest BCUT2D eigenvalue weighted by Crippen LogP contribution is 2.26. The van der Waals surface area contributed by atoms with Gasteiger partial charge in [0.2, 0.25) is 0 Å². The quantitative estimate of drug-likeness (QED) is 0.724. The molecule has 0 unspecified atom stereocenters. The summed E-state index contributed by atoms with van der Waals surface area (Å²) < 4.78 is 0. The normalized spacial score (nSPS) is 15.9. The summed E-state index contributed by atoms with van der Waals surface area (Å²) in [5, 5.41) is 4.39. The van der Waals surface area contributed by atoms with Gasteiger partial charge in [-0.1, -0.05) is 12.1 Å². The highest BCUT2D eigenvalue weighted by molar-refractivity contribution is 7.13. The molecule has 0 N–H and O–H groups in total. The van der Waals surface area contributed by atoms with Crippen LogP contribution in [0.4, 0.5) is 10.9 Å². The van der Waals surface area contributed by atoms with Crippen LogP contribution in [0.15, 0.2) is 36.0 Å². The highest BCUT2D eigenvalue weighted by Gasteiger charge is 2.19. The first-order valence-corrected chi connectivity index (χ1v) is 8.81. The molecule has 0 aliphatic carbocycles. The summed E-state index contributed by atoms with van der Waals surface area (Å²) >= 11 is 1.74. The number of hydrogen-bond acceptors (Lipinski definition) is 6. The molecule has 23 heavy (non-hydrogen) atoms.